The first-order valence-corrected chi connectivity index (χ1v) is 10.7. The summed E-state index contributed by atoms with van der Waals surface area (Å²) in [5.41, 5.74) is 3.00. The van der Waals surface area contributed by atoms with Gasteiger partial charge in [-0.3, -0.25) is 4.79 Å². The molecule has 0 aliphatic carbocycles. The molecule has 0 radical (unpaired) electrons. The van der Waals surface area contributed by atoms with Gasteiger partial charge in [0, 0.05) is 24.5 Å². The zero-order chi connectivity index (χ0) is 19.2. The third-order valence-electron chi connectivity index (χ3n) is 4.92. The van der Waals surface area contributed by atoms with Crippen molar-refractivity contribution in [3.63, 3.8) is 0 Å². The zero-order valence-electron chi connectivity index (χ0n) is 15.9. The number of hydrogen-bond donors (Lipinski definition) is 1. The standard InChI is InChI=1S/C22H25N3O2S/c26-21(15-27-16-22-24-19-7-3-4-8-20(19)28-22)23-17-9-11-18(12-10-17)25-13-5-1-2-6-14-25/h3-4,7-12H,1-2,5-6,13-16H2,(H,23,26). The number of ether oxygens (including phenoxy) is 1. The molecule has 0 atom stereocenters. The van der Waals surface area contributed by atoms with E-state index in [1.807, 2.05) is 36.4 Å². The molecule has 4 rings (SSSR count). The molecule has 5 nitrogen and oxygen atoms in total. The van der Waals surface area contributed by atoms with Crippen molar-refractivity contribution < 1.29 is 9.53 Å². The summed E-state index contributed by atoms with van der Waals surface area (Å²) in [6.45, 7) is 2.60. The van der Waals surface area contributed by atoms with Crippen LogP contribution in [-0.4, -0.2) is 30.6 Å². The number of fused-ring (bicyclic) bond motifs is 1. The van der Waals surface area contributed by atoms with Crippen LogP contribution in [0.1, 0.15) is 30.7 Å². The summed E-state index contributed by atoms with van der Waals surface area (Å²) in [5, 5.41) is 3.78. The molecule has 146 valence electrons. The van der Waals surface area contributed by atoms with Gasteiger partial charge in [0.1, 0.15) is 11.6 Å². The first-order valence-electron chi connectivity index (χ1n) is 9.85. The highest BCUT2D eigenvalue weighted by molar-refractivity contribution is 7.18. The molecule has 28 heavy (non-hydrogen) atoms. The summed E-state index contributed by atoms with van der Waals surface area (Å²) in [6.07, 6.45) is 5.15. The van der Waals surface area contributed by atoms with E-state index in [2.05, 4.69) is 27.3 Å². The van der Waals surface area contributed by atoms with Crippen LogP contribution in [-0.2, 0) is 16.1 Å². The summed E-state index contributed by atoms with van der Waals surface area (Å²) in [6, 6.07) is 16.1. The second kappa shape index (κ2) is 9.17. The Balaban J connectivity index is 1.25. The van der Waals surface area contributed by atoms with E-state index < -0.39 is 0 Å². The molecule has 2 heterocycles. The van der Waals surface area contributed by atoms with Crippen LogP contribution in [0, 0.1) is 0 Å². The number of nitrogens with one attached hydrogen (secondary N) is 1. The van der Waals surface area contributed by atoms with Crippen LogP contribution in [0.5, 0.6) is 0 Å². The van der Waals surface area contributed by atoms with Gasteiger partial charge < -0.3 is 15.0 Å². The molecule has 1 aliphatic heterocycles. The first-order chi connectivity index (χ1) is 13.8. The van der Waals surface area contributed by atoms with Gasteiger partial charge in [-0.2, -0.15) is 0 Å². The number of rotatable bonds is 6. The number of carbonyl (C=O) groups is 1. The van der Waals surface area contributed by atoms with Crippen molar-refractivity contribution >= 4 is 38.8 Å². The quantitative estimate of drug-likeness (QED) is 0.649. The topological polar surface area (TPSA) is 54.5 Å². The number of anilines is 2. The van der Waals surface area contributed by atoms with Gasteiger partial charge >= 0.3 is 0 Å². The fraction of sp³-hybridized carbons (Fsp3) is 0.364. The van der Waals surface area contributed by atoms with Crippen LogP contribution in [0.15, 0.2) is 48.5 Å². The second-order valence-corrected chi connectivity index (χ2v) is 8.18. The van der Waals surface area contributed by atoms with E-state index in [0.29, 0.717) is 6.61 Å². The normalized spacial score (nSPS) is 14.8. The maximum Gasteiger partial charge on any atom is 0.250 e. The first kappa shape index (κ1) is 18.9. The molecule has 0 bridgehead atoms. The van der Waals surface area contributed by atoms with Gasteiger partial charge in [-0.25, -0.2) is 4.98 Å². The Kier molecular flexibility index (Phi) is 6.19. The average molecular weight is 396 g/mol. The lowest BCUT2D eigenvalue weighted by molar-refractivity contribution is -0.121. The van der Waals surface area contributed by atoms with Gasteiger partial charge in [0.05, 0.1) is 16.8 Å². The van der Waals surface area contributed by atoms with Crippen molar-refractivity contribution in [1.29, 1.82) is 0 Å². The number of amides is 1. The van der Waals surface area contributed by atoms with Gasteiger partial charge in [0.15, 0.2) is 0 Å². The van der Waals surface area contributed by atoms with Crippen LogP contribution in [0.3, 0.4) is 0 Å². The van der Waals surface area contributed by atoms with Crippen molar-refractivity contribution in [3.8, 4) is 0 Å². The third-order valence-corrected chi connectivity index (χ3v) is 5.93. The Labute approximate surface area is 169 Å². The Morgan fingerprint density at radius 1 is 1.04 bits per heavy atom. The summed E-state index contributed by atoms with van der Waals surface area (Å²) in [5.74, 6) is -0.149. The lowest BCUT2D eigenvalue weighted by Crippen LogP contribution is -2.23. The minimum Gasteiger partial charge on any atom is -0.372 e. The van der Waals surface area contributed by atoms with E-state index in [1.165, 1.54) is 31.4 Å². The highest BCUT2D eigenvalue weighted by Crippen LogP contribution is 2.23. The van der Waals surface area contributed by atoms with E-state index >= 15 is 0 Å². The van der Waals surface area contributed by atoms with Crippen molar-refractivity contribution in [1.82, 2.24) is 4.98 Å². The maximum absolute atomic E-state index is 12.1. The summed E-state index contributed by atoms with van der Waals surface area (Å²) >= 11 is 1.60. The zero-order valence-corrected chi connectivity index (χ0v) is 16.7. The van der Waals surface area contributed by atoms with Crippen LogP contribution in [0.25, 0.3) is 10.2 Å². The SMILES string of the molecule is O=C(COCc1nc2ccccc2s1)Nc1ccc(N2CCCCCC2)cc1. The molecular weight excluding hydrogens is 370 g/mol. The highest BCUT2D eigenvalue weighted by atomic mass is 32.1. The predicted molar refractivity (Wildman–Crippen MR) is 115 cm³/mol. The van der Waals surface area contributed by atoms with Crippen LogP contribution >= 0.6 is 11.3 Å². The van der Waals surface area contributed by atoms with Crippen LogP contribution in [0.2, 0.25) is 0 Å². The fourth-order valence-corrected chi connectivity index (χ4v) is 4.40. The van der Waals surface area contributed by atoms with E-state index in [1.54, 1.807) is 11.3 Å². The van der Waals surface area contributed by atoms with Crippen molar-refractivity contribution in [2.45, 2.75) is 32.3 Å². The molecule has 3 aromatic rings. The molecule has 1 amide bonds. The largest absolute Gasteiger partial charge is 0.372 e. The van der Waals surface area contributed by atoms with E-state index in [4.69, 9.17) is 4.74 Å². The van der Waals surface area contributed by atoms with Crippen LogP contribution in [0.4, 0.5) is 11.4 Å². The lowest BCUT2D eigenvalue weighted by atomic mass is 10.2. The summed E-state index contributed by atoms with van der Waals surface area (Å²) in [4.78, 5) is 19.1. The Hall–Kier alpha value is -2.44. The molecule has 1 saturated heterocycles. The molecule has 0 unspecified atom stereocenters. The monoisotopic (exact) mass is 395 g/mol. The molecule has 0 spiro atoms. The number of para-hydroxylation sites is 1. The molecule has 1 fully saturated rings. The molecule has 6 heteroatoms. The van der Waals surface area contributed by atoms with Crippen molar-refractivity contribution in [2.75, 3.05) is 29.9 Å². The van der Waals surface area contributed by atoms with E-state index in [9.17, 15) is 4.79 Å². The van der Waals surface area contributed by atoms with Gasteiger partial charge in [-0.1, -0.05) is 25.0 Å². The Morgan fingerprint density at radius 2 is 1.79 bits per heavy atom. The van der Waals surface area contributed by atoms with Crippen LogP contribution < -0.4 is 10.2 Å². The van der Waals surface area contributed by atoms with Gasteiger partial charge in [0.25, 0.3) is 0 Å². The highest BCUT2D eigenvalue weighted by Gasteiger charge is 2.10. The van der Waals surface area contributed by atoms with E-state index in [0.717, 1.165) is 34.0 Å². The minimum atomic E-state index is -0.149. The van der Waals surface area contributed by atoms with Crippen molar-refractivity contribution in [3.05, 3.63) is 53.5 Å². The molecule has 0 saturated carbocycles. The van der Waals surface area contributed by atoms with E-state index in [-0.39, 0.29) is 12.5 Å². The molecule has 1 aromatic heterocycles. The Bertz CT molecular complexity index is 882. The third kappa shape index (κ3) is 4.88. The molecule has 1 N–H and O–H groups in total. The minimum absolute atomic E-state index is 0.0177. The Morgan fingerprint density at radius 3 is 2.54 bits per heavy atom. The molecule has 1 aliphatic rings. The molecular formula is C22H25N3O2S. The average Bonchev–Trinajstić information content (AvgIpc) is 2.93. The summed E-state index contributed by atoms with van der Waals surface area (Å²) in [7, 11) is 0. The van der Waals surface area contributed by atoms with Gasteiger partial charge in [0.2, 0.25) is 5.91 Å². The summed E-state index contributed by atoms with van der Waals surface area (Å²) < 4.78 is 6.68. The fourth-order valence-electron chi connectivity index (χ4n) is 3.49. The number of nitrogens with zero attached hydrogens (tertiary/aromatic N) is 2. The number of benzene rings is 2. The maximum atomic E-state index is 12.1. The smallest absolute Gasteiger partial charge is 0.250 e. The van der Waals surface area contributed by atoms with Gasteiger partial charge in [-0.15, -0.1) is 11.3 Å². The number of aromatic nitrogens is 1. The number of thiazole rings is 1. The second-order valence-electron chi connectivity index (χ2n) is 7.06. The number of carbonyl (C=O) groups excluding carboxylic acids is 1. The van der Waals surface area contributed by atoms with Crippen molar-refractivity contribution in [2.24, 2.45) is 0 Å². The van der Waals surface area contributed by atoms with Gasteiger partial charge in [-0.05, 0) is 49.2 Å². The lowest BCUT2D eigenvalue weighted by Gasteiger charge is -2.22. The molecule has 2 aromatic carbocycles. The number of hydrogen-bond acceptors (Lipinski definition) is 5. The predicted octanol–water partition coefficient (Wildman–Crippen LogP) is 4.83.